The lowest BCUT2D eigenvalue weighted by atomic mass is 10.1. The highest BCUT2D eigenvalue weighted by molar-refractivity contribution is 5.65. The van der Waals surface area contributed by atoms with Crippen molar-refractivity contribution in [2.24, 2.45) is 0 Å². The molecule has 0 bridgehead atoms. The van der Waals surface area contributed by atoms with Crippen LogP contribution in [0.2, 0.25) is 0 Å². The SMILES string of the molecule is COc1cc(-c2ccc[nH]2)[nH]c1C=c1cc2c([nH]1)=CCCC2. The molecule has 3 heterocycles. The zero-order valence-electron chi connectivity index (χ0n) is 12.6. The van der Waals surface area contributed by atoms with Crippen molar-refractivity contribution in [3.8, 4) is 17.1 Å². The number of hydrogen-bond acceptors (Lipinski definition) is 1. The number of methoxy groups -OCH3 is 1. The Labute approximate surface area is 128 Å². The van der Waals surface area contributed by atoms with Gasteiger partial charge in [0.1, 0.15) is 5.75 Å². The lowest BCUT2D eigenvalue weighted by Gasteiger charge is -2.00. The number of hydrogen-bond donors (Lipinski definition) is 3. The second-order valence-corrected chi connectivity index (χ2v) is 5.65. The van der Waals surface area contributed by atoms with Crippen molar-refractivity contribution in [1.82, 2.24) is 15.0 Å². The Morgan fingerprint density at radius 1 is 1.18 bits per heavy atom. The Kier molecular flexibility index (Phi) is 3.15. The minimum atomic E-state index is 0.848. The minimum Gasteiger partial charge on any atom is -0.494 e. The van der Waals surface area contributed by atoms with Crippen LogP contribution in [0.15, 0.2) is 30.5 Å². The van der Waals surface area contributed by atoms with Gasteiger partial charge in [-0.05, 0) is 49.1 Å². The van der Waals surface area contributed by atoms with Gasteiger partial charge < -0.3 is 19.7 Å². The molecule has 1 aliphatic rings. The van der Waals surface area contributed by atoms with Crippen LogP contribution < -0.4 is 15.4 Å². The summed E-state index contributed by atoms with van der Waals surface area (Å²) in [4.78, 5) is 10.1. The maximum atomic E-state index is 5.50. The quantitative estimate of drug-likeness (QED) is 0.682. The Hall–Kier alpha value is -2.62. The van der Waals surface area contributed by atoms with E-state index in [-0.39, 0.29) is 0 Å². The van der Waals surface area contributed by atoms with E-state index in [1.165, 1.54) is 17.3 Å². The van der Waals surface area contributed by atoms with Crippen LogP contribution in [0.5, 0.6) is 5.75 Å². The largest absolute Gasteiger partial charge is 0.494 e. The molecule has 0 radical (unpaired) electrons. The predicted molar refractivity (Wildman–Crippen MR) is 88.1 cm³/mol. The summed E-state index contributed by atoms with van der Waals surface area (Å²) in [7, 11) is 1.70. The first-order chi connectivity index (χ1) is 10.8. The molecule has 3 N–H and O–H groups in total. The number of H-pyrrole nitrogens is 3. The van der Waals surface area contributed by atoms with E-state index in [0.29, 0.717) is 0 Å². The van der Waals surface area contributed by atoms with Crippen LogP contribution in [-0.2, 0) is 6.42 Å². The van der Waals surface area contributed by atoms with Gasteiger partial charge in [-0.15, -0.1) is 0 Å². The topological polar surface area (TPSA) is 56.6 Å². The normalized spacial score (nSPS) is 14.7. The van der Waals surface area contributed by atoms with Crippen LogP contribution in [0.25, 0.3) is 23.5 Å². The first-order valence-corrected chi connectivity index (χ1v) is 7.64. The van der Waals surface area contributed by atoms with E-state index in [0.717, 1.165) is 41.0 Å². The number of aryl methyl sites for hydroxylation is 1. The van der Waals surface area contributed by atoms with E-state index >= 15 is 0 Å². The zero-order valence-corrected chi connectivity index (χ0v) is 12.6. The van der Waals surface area contributed by atoms with Crippen molar-refractivity contribution in [2.45, 2.75) is 19.3 Å². The van der Waals surface area contributed by atoms with Gasteiger partial charge in [0.2, 0.25) is 0 Å². The van der Waals surface area contributed by atoms with Gasteiger partial charge in [0.15, 0.2) is 0 Å². The van der Waals surface area contributed by atoms with Gasteiger partial charge in [-0.1, -0.05) is 6.08 Å². The Bertz CT molecular complexity index is 897. The highest BCUT2D eigenvalue weighted by atomic mass is 16.5. The van der Waals surface area contributed by atoms with Crippen molar-refractivity contribution in [1.29, 1.82) is 0 Å². The molecular formula is C18H19N3O. The van der Waals surface area contributed by atoms with Crippen LogP contribution >= 0.6 is 0 Å². The van der Waals surface area contributed by atoms with Gasteiger partial charge in [0, 0.05) is 23.0 Å². The van der Waals surface area contributed by atoms with Gasteiger partial charge in [0.05, 0.1) is 24.2 Å². The summed E-state index contributed by atoms with van der Waals surface area (Å²) in [5.74, 6) is 0.848. The van der Waals surface area contributed by atoms with Crippen LogP contribution in [0.1, 0.15) is 24.1 Å². The van der Waals surface area contributed by atoms with Crippen molar-refractivity contribution in [3.63, 3.8) is 0 Å². The molecule has 0 saturated carbocycles. The zero-order chi connectivity index (χ0) is 14.9. The Morgan fingerprint density at radius 3 is 2.91 bits per heavy atom. The summed E-state index contributed by atoms with van der Waals surface area (Å²) < 4.78 is 5.50. The van der Waals surface area contributed by atoms with E-state index in [1.807, 2.05) is 24.4 Å². The standard InChI is InChI=1S/C18H19N3O/c1-22-18-11-16(15-7-4-8-19-15)21-17(18)10-13-9-12-5-2-3-6-14(12)20-13/h4,6-11,19-21H,2-3,5H2,1H3. The van der Waals surface area contributed by atoms with Crippen LogP contribution in [0.3, 0.4) is 0 Å². The first-order valence-electron chi connectivity index (χ1n) is 7.64. The van der Waals surface area contributed by atoms with Crippen molar-refractivity contribution in [2.75, 3.05) is 7.11 Å². The number of aromatic amines is 3. The maximum absolute atomic E-state index is 5.50. The number of nitrogens with one attached hydrogen (secondary N) is 3. The molecule has 0 unspecified atom stereocenters. The van der Waals surface area contributed by atoms with Crippen LogP contribution in [0.4, 0.5) is 0 Å². The highest BCUT2D eigenvalue weighted by Gasteiger charge is 2.09. The summed E-state index contributed by atoms with van der Waals surface area (Å²) in [5.41, 5.74) is 4.46. The number of aromatic nitrogens is 3. The minimum absolute atomic E-state index is 0.848. The molecule has 1 aliphatic carbocycles. The third-order valence-corrected chi connectivity index (χ3v) is 4.17. The molecule has 0 atom stereocenters. The third-order valence-electron chi connectivity index (χ3n) is 4.17. The van der Waals surface area contributed by atoms with Crippen molar-refractivity contribution >= 4 is 12.2 Å². The molecule has 3 aromatic heterocycles. The molecule has 0 aliphatic heterocycles. The summed E-state index contributed by atoms with van der Waals surface area (Å²) in [6.45, 7) is 0. The van der Waals surface area contributed by atoms with E-state index in [4.69, 9.17) is 4.74 Å². The number of ether oxygens (including phenoxy) is 1. The van der Waals surface area contributed by atoms with Crippen molar-refractivity contribution in [3.05, 3.63) is 52.4 Å². The van der Waals surface area contributed by atoms with E-state index in [9.17, 15) is 0 Å². The van der Waals surface area contributed by atoms with Gasteiger partial charge >= 0.3 is 0 Å². The average Bonchev–Trinajstić information content (AvgIpc) is 3.26. The second-order valence-electron chi connectivity index (χ2n) is 5.65. The van der Waals surface area contributed by atoms with Gasteiger partial charge in [0.25, 0.3) is 0 Å². The van der Waals surface area contributed by atoms with Gasteiger partial charge in [-0.25, -0.2) is 0 Å². The first kappa shape index (κ1) is 13.1. The van der Waals surface area contributed by atoms with Crippen LogP contribution in [0, 0.1) is 0 Å². The summed E-state index contributed by atoms with van der Waals surface area (Å²) in [6.07, 6.45) is 9.87. The fourth-order valence-electron chi connectivity index (χ4n) is 3.07. The molecule has 0 spiro atoms. The lowest BCUT2D eigenvalue weighted by molar-refractivity contribution is 0.414. The molecule has 0 aromatic carbocycles. The van der Waals surface area contributed by atoms with Crippen LogP contribution in [-0.4, -0.2) is 22.1 Å². The fraction of sp³-hybridized carbons (Fsp3) is 0.222. The molecule has 4 rings (SSSR count). The Balaban J connectivity index is 1.79. The van der Waals surface area contributed by atoms with Gasteiger partial charge in [-0.2, -0.15) is 0 Å². The number of fused-ring (bicyclic) bond motifs is 1. The molecule has 0 amide bonds. The molecule has 3 aromatic rings. The smallest absolute Gasteiger partial charge is 0.144 e. The third kappa shape index (κ3) is 2.26. The van der Waals surface area contributed by atoms with E-state index in [1.54, 1.807) is 7.11 Å². The van der Waals surface area contributed by atoms with E-state index in [2.05, 4.69) is 33.2 Å². The number of rotatable bonds is 3. The summed E-state index contributed by atoms with van der Waals surface area (Å²) >= 11 is 0. The molecular weight excluding hydrogens is 274 g/mol. The molecule has 0 saturated heterocycles. The lowest BCUT2D eigenvalue weighted by Crippen LogP contribution is -2.14. The molecule has 4 nitrogen and oxygen atoms in total. The van der Waals surface area contributed by atoms with E-state index < -0.39 is 0 Å². The maximum Gasteiger partial charge on any atom is 0.144 e. The molecule has 0 fully saturated rings. The second kappa shape index (κ2) is 5.30. The molecule has 112 valence electrons. The van der Waals surface area contributed by atoms with Gasteiger partial charge in [-0.3, -0.25) is 0 Å². The molecule has 22 heavy (non-hydrogen) atoms. The average molecular weight is 293 g/mol. The monoisotopic (exact) mass is 293 g/mol. The highest BCUT2D eigenvalue weighted by Crippen LogP contribution is 2.26. The Morgan fingerprint density at radius 2 is 2.14 bits per heavy atom. The summed E-state index contributed by atoms with van der Waals surface area (Å²) in [5, 5.41) is 2.38. The fourth-order valence-corrected chi connectivity index (χ4v) is 3.07. The molecule has 4 heteroatoms. The van der Waals surface area contributed by atoms with Crippen molar-refractivity contribution < 1.29 is 4.74 Å². The summed E-state index contributed by atoms with van der Waals surface area (Å²) in [6, 6.07) is 8.28. The predicted octanol–water partition coefficient (Wildman–Crippen LogP) is 2.29.